The Kier molecular flexibility index (Phi) is 4.88. The molecule has 0 spiro atoms. The van der Waals surface area contributed by atoms with Crippen LogP contribution in [0.2, 0.25) is 0 Å². The standard InChI is InChI=1S/C16H21N3O4/c17-15(21)13-6-5-11-3-1-7-19(16(11)18-13)14(20)10-22-9-12-4-2-8-23-12/h5-6,12H,1-4,7-10H2,(H2,17,21). The number of primary amides is 1. The van der Waals surface area contributed by atoms with Crippen molar-refractivity contribution in [3.05, 3.63) is 23.4 Å². The fraction of sp³-hybridized carbons (Fsp3) is 0.562. The van der Waals surface area contributed by atoms with E-state index in [0.29, 0.717) is 19.0 Å². The summed E-state index contributed by atoms with van der Waals surface area (Å²) in [5.74, 6) is -0.225. The number of aromatic nitrogens is 1. The first kappa shape index (κ1) is 15.9. The van der Waals surface area contributed by atoms with E-state index in [1.807, 2.05) is 6.07 Å². The number of fused-ring (bicyclic) bond motifs is 1. The summed E-state index contributed by atoms with van der Waals surface area (Å²) < 4.78 is 11.0. The molecule has 7 nitrogen and oxygen atoms in total. The van der Waals surface area contributed by atoms with Crippen LogP contribution in [0.3, 0.4) is 0 Å². The van der Waals surface area contributed by atoms with Crippen molar-refractivity contribution in [2.75, 3.05) is 31.3 Å². The van der Waals surface area contributed by atoms with Gasteiger partial charge in [-0.1, -0.05) is 6.07 Å². The highest BCUT2D eigenvalue weighted by Gasteiger charge is 2.25. The first-order valence-corrected chi connectivity index (χ1v) is 7.94. The summed E-state index contributed by atoms with van der Waals surface area (Å²) in [5, 5.41) is 0. The Bertz CT molecular complexity index is 599. The highest BCUT2D eigenvalue weighted by atomic mass is 16.5. The fourth-order valence-corrected chi connectivity index (χ4v) is 2.95. The zero-order valence-corrected chi connectivity index (χ0v) is 13.0. The number of amides is 2. The van der Waals surface area contributed by atoms with Gasteiger partial charge in [0, 0.05) is 13.2 Å². The maximum Gasteiger partial charge on any atom is 0.267 e. The minimum absolute atomic E-state index is 0.0121. The molecular formula is C16H21N3O4. The number of nitrogens with zero attached hydrogens (tertiary/aromatic N) is 2. The summed E-state index contributed by atoms with van der Waals surface area (Å²) in [6.45, 7) is 1.76. The van der Waals surface area contributed by atoms with Crippen LogP contribution >= 0.6 is 0 Å². The summed E-state index contributed by atoms with van der Waals surface area (Å²) in [6.07, 6.45) is 3.81. The van der Waals surface area contributed by atoms with Crippen molar-refractivity contribution >= 4 is 17.6 Å². The molecule has 2 aliphatic rings. The van der Waals surface area contributed by atoms with Crippen LogP contribution in [0.25, 0.3) is 0 Å². The number of ether oxygens (including phenoxy) is 2. The molecule has 0 aliphatic carbocycles. The molecule has 1 unspecified atom stereocenters. The Morgan fingerprint density at radius 1 is 1.39 bits per heavy atom. The van der Waals surface area contributed by atoms with E-state index in [1.54, 1.807) is 11.0 Å². The molecule has 124 valence electrons. The van der Waals surface area contributed by atoms with Crippen molar-refractivity contribution in [2.24, 2.45) is 5.73 Å². The van der Waals surface area contributed by atoms with Crippen LogP contribution < -0.4 is 10.6 Å². The minimum Gasteiger partial charge on any atom is -0.376 e. The van der Waals surface area contributed by atoms with E-state index < -0.39 is 5.91 Å². The lowest BCUT2D eigenvalue weighted by molar-refractivity contribution is -0.124. The van der Waals surface area contributed by atoms with E-state index in [1.165, 1.54) is 0 Å². The number of pyridine rings is 1. The molecule has 0 saturated carbocycles. The van der Waals surface area contributed by atoms with Gasteiger partial charge in [0.05, 0.1) is 12.7 Å². The number of hydrogen-bond acceptors (Lipinski definition) is 5. The van der Waals surface area contributed by atoms with Gasteiger partial charge in [-0.15, -0.1) is 0 Å². The Morgan fingerprint density at radius 2 is 2.26 bits per heavy atom. The Hall–Kier alpha value is -1.99. The molecule has 0 bridgehead atoms. The zero-order chi connectivity index (χ0) is 16.2. The third kappa shape index (κ3) is 3.68. The maximum absolute atomic E-state index is 12.4. The highest BCUT2D eigenvalue weighted by Crippen LogP contribution is 2.25. The SMILES string of the molecule is NC(=O)c1ccc2c(n1)N(C(=O)COCC1CCCO1)CCC2. The first-order chi connectivity index (χ1) is 11.1. The number of nitrogens with two attached hydrogens (primary N) is 1. The second-order valence-electron chi connectivity index (χ2n) is 5.84. The molecule has 3 rings (SSSR count). The quantitative estimate of drug-likeness (QED) is 0.860. The molecule has 7 heteroatoms. The zero-order valence-electron chi connectivity index (χ0n) is 13.0. The van der Waals surface area contributed by atoms with Gasteiger partial charge >= 0.3 is 0 Å². The molecule has 1 saturated heterocycles. The number of carbonyl (C=O) groups is 2. The van der Waals surface area contributed by atoms with E-state index in [4.69, 9.17) is 15.2 Å². The number of rotatable bonds is 5. The van der Waals surface area contributed by atoms with Gasteiger partial charge in [0.1, 0.15) is 18.1 Å². The topological polar surface area (TPSA) is 94.8 Å². The second kappa shape index (κ2) is 7.06. The molecule has 2 amide bonds. The molecule has 0 radical (unpaired) electrons. The predicted molar refractivity (Wildman–Crippen MR) is 83.2 cm³/mol. The van der Waals surface area contributed by atoms with Gasteiger partial charge in [0.2, 0.25) is 0 Å². The van der Waals surface area contributed by atoms with E-state index in [-0.39, 0.29) is 24.3 Å². The average Bonchev–Trinajstić information content (AvgIpc) is 3.07. The molecule has 3 heterocycles. The lowest BCUT2D eigenvalue weighted by Gasteiger charge is -2.28. The molecular weight excluding hydrogens is 298 g/mol. The van der Waals surface area contributed by atoms with Crippen molar-refractivity contribution in [1.29, 1.82) is 0 Å². The molecule has 23 heavy (non-hydrogen) atoms. The van der Waals surface area contributed by atoms with Crippen molar-refractivity contribution in [2.45, 2.75) is 31.8 Å². The predicted octanol–water partition coefficient (Wildman–Crippen LogP) is 0.655. The van der Waals surface area contributed by atoms with Crippen molar-refractivity contribution in [1.82, 2.24) is 4.98 Å². The van der Waals surface area contributed by atoms with Gasteiger partial charge in [-0.25, -0.2) is 4.98 Å². The first-order valence-electron chi connectivity index (χ1n) is 7.94. The van der Waals surface area contributed by atoms with Crippen LogP contribution in [0.5, 0.6) is 0 Å². The van der Waals surface area contributed by atoms with Gasteiger partial charge in [0.25, 0.3) is 11.8 Å². The fourth-order valence-electron chi connectivity index (χ4n) is 2.95. The van der Waals surface area contributed by atoms with Crippen molar-refractivity contribution in [3.63, 3.8) is 0 Å². The van der Waals surface area contributed by atoms with Crippen molar-refractivity contribution < 1.29 is 19.1 Å². The second-order valence-corrected chi connectivity index (χ2v) is 5.84. The van der Waals surface area contributed by atoms with Gasteiger partial charge < -0.3 is 15.2 Å². The van der Waals surface area contributed by atoms with Gasteiger partial charge in [0.15, 0.2) is 0 Å². The van der Waals surface area contributed by atoms with Crippen LogP contribution in [0.1, 0.15) is 35.3 Å². The average molecular weight is 319 g/mol. The summed E-state index contributed by atoms with van der Waals surface area (Å²) >= 11 is 0. The molecule has 1 atom stereocenters. The van der Waals surface area contributed by atoms with Crippen LogP contribution in [-0.2, 0) is 20.7 Å². The van der Waals surface area contributed by atoms with Crippen molar-refractivity contribution in [3.8, 4) is 0 Å². The number of anilines is 1. The normalized spacial score (nSPS) is 20.3. The number of hydrogen-bond donors (Lipinski definition) is 1. The molecule has 0 aromatic carbocycles. The van der Waals surface area contributed by atoms with Gasteiger partial charge in [-0.3, -0.25) is 14.5 Å². The third-order valence-corrected chi connectivity index (χ3v) is 4.15. The minimum atomic E-state index is -0.597. The lowest BCUT2D eigenvalue weighted by Crippen LogP contribution is -2.39. The number of carbonyl (C=O) groups excluding carboxylic acids is 2. The monoisotopic (exact) mass is 319 g/mol. The van der Waals surface area contributed by atoms with E-state index >= 15 is 0 Å². The molecule has 1 aromatic rings. The molecule has 2 aliphatic heterocycles. The Morgan fingerprint density at radius 3 is 3.00 bits per heavy atom. The Balaban J connectivity index is 1.64. The molecule has 2 N–H and O–H groups in total. The summed E-state index contributed by atoms with van der Waals surface area (Å²) in [4.78, 5) is 29.6. The maximum atomic E-state index is 12.4. The smallest absolute Gasteiger partial charge is 0.267 e. The largest absolute Gasteiger partial charge is 0.376 e. The lowest BCUT2D eigenvalue weighted by atomic mass is 10.0. The van der Waals surface area contributed by atoms with E-state index in [2.05, 4.69) is 4.98 Å². The highest BCUT2D eigenvalue weighted by molar-refractivity contribution is 5.96. The van der Waals surface area contributed by atoms with Gasteiger partial charge in [-0.05, 0) is 37.3 Å². The van der Waals surface area contributed by atoms with E-state index in [0.717, 1.165) is 37.9 Å². The summed E-state index contributed by atoms with van der Waals surface area (Å²) in [5.41, 5.74) is 6.40. The summed E-state index contributed by atoms with van der Waals surface area (Å²) in [7, 11) is 0. The third-order valence-electron chi connectivity index (χ3n) is 4.15. The molecule has 1 aromatic heterocycles. The van der Waals surface area contributed by atoms with Crippen LogP contribution in [0.15, 0.2) is 12.1 Å². The summed E-state index contributed by atoms with van der Waals surface area (Å²) in [6, 6.07) is 3.41. The molecule has 1 fully saturated rings. The number of aryl methyl sites for hydroxylation is 1. The van der Waals surface area contributed by atoms with Gasteiger partial charge in [-0.2, -0.15) is 0 Å². The van der Waals surface area contributed by atoms with Crippen LogP contribution in [0, 0.1) is 0 Å². The Labute approximate surface area is 134 Å². The van der Waals surface area contributed by atoms with E-state index in [9.17, 15) is 9.59 Å². The van der Waals surface area contributed by atoms with Crippen LogP contribution in [0.4, 0.5) is 5.82 Å². The van der Waals surface area contributed by atoms with Crippen LogP contribution in [-0.4, -0.2) is 49.3 Å².